The van der Waals surface area contributed by atoms with Crippen molar-refractivity contribution in [2.75, 3.05) is 11.9 Å². The zero-order valence-electron chi connectivity index (χ0n) is 14.6. The number of benzene rings is 4. The molecular weight excluding hydrogens is 372 g/mol. The van der Waals surface area contributed by atoms with Gasteiger partial charge in [-0.05, 0) is 62.3 Å². The van der Waals surface area contributed by atoms with E-state index in [-0.39, 0.29) is 0 Å². The van der Waals surface area contributed by atoms with Gasteiger partial charge in [0.15, 0.2) is 4.77 Å². The SMILES string of the molecule is CN(Cc1ccc2ccc3cccc4ccc1c2c34)c1nc(=S)[nH]c(=S)[nH]1. The Morgan fingerprint density at radius 1 is 0.852 bits per heavy atom. The number of hydrogen-bond acceptors (Lipinski definition) is 4. The molecule has 4 aromatic carbocycles. The summed E-state index contributed by atoms with van der Waals surface area (Å²) in [5.41, 5.74) is 1.24. The molecule has 2 N–H and O–H groups in total. The Labute approximate surface area is 165 Å². The fourth-order valence-corrected chi connectivity index (χ4v) is 4.27. The van der Waals surface area contributed by atoms with Gasteiger partial charge in [-0.2, -0.15) is 4.98 Å². The lowest BCUT2D eigenvalue weighted by Gasteiger charge is -2.20. The fourth-order valence-electron chi connectivity index (χ4n) is 3.83. The van der Waals surface area contributed by atoms with Crippen LogP contribution in [-0.2, 0) is 6.54 Å². The van der Waals surface area contributed by atoms with Crippen molar-refractivity contribution in [1.29, 1.82) is 0 Å². The molecule has 27 heavy (non-hydrogen) atoms. The van der Waals surface area contributed by atoms with Crippen LogP contribution in [0.4, 0.5) is 5.95 Å². The van der Waals surface area contributed by atoms with Crippen molar-refractivity contribution < 1.29 is 0 Å². The molecule has 6 heteroatoms. The summed E-state index contributed by atoms with van der Waals surface area (Å²) in [6.07, 6.45) is 0. The highest BCUT2D eigenvalue weighted by Gasteiger charge is 2.12. The van der Waals surface area contributed by atoms with E-state index in [4.69, 9.17) is 24.4 Å². The lowest BCUT2D eigenvalue weighted by atomic mass is 9.92. The average molecular weight is 389 g/mol. The lowest BCUT2D eigenvalue weighted by molar-refractivity contribution is 0.846. The predicted molar refractivity (Wildman–Crippen MR) is 117 cm³/mol. The number of rotatable bonds is 3. The number of hydrogen-bond donors (Lipinski definition) is 2. The minimum absolute atomic E-state index is 0.385. The van der Waals surface area contributed by atoms with Crippen LogP contribution < -0.4 is 4.90 Å². The maximum atomic E-state index is 5.19. The third-order valence-corrected chi connectivity index (χ3v) is 5.44. The smallest absolute Gasteiger partial charge is 0.207 e. The molecule has 0 saturated carbocycles. The van der Waals surface area contributed by atoms with Gasteiger partial charge in [-0.3, -0.25) is 0 Å². The van der Waals surface area contributed by atoms with Crippen molar-refractivity contribution in [3.05, 3.63) is 69.7 Å². The second-order valence-corrected chi connectivity index (χ2v) is 7.55. The molecule has 0 fully saturated rings. The molecule has 0 unspecified atom stereocenters. The van der Waals surface area contributed by atoms with Crippen LogP contribution in [-0.4, -0.2) is 22.0 Å². The van der Waals surface area contributed by atoms with Crippen LogP contribution >= 0.6 is 24.4 Å². The van der Waals surface area contributed by atoms with Crippen LogP contribution in [0.3, 0.4) is 0 Å². The molecule has 0 spiro atoms. The summed E-state index contributed by atoms with van der Waals surface area (Å²) < 4.78 is 0.864. The van der Waals surface area contributed by atoms with Gasteiger partial charge in [-0.25, -0.2) is 0 Å². The van der Waals surface area contributed by atoms with Crippen LogP contribution in [0, 0.1) is 9.54 Å². The first-order valence-corrected chi connectivity index (χ1v) is 9.49. The summed E-state index contributed by atoms with van der Waals surface area (Å²) >= 11 is 10.3. The van der Waals surface area contributed by atoms with Crippen molar-refractivity contribution in [3.63, 3.8) is 0 Å². The highest BCUT2D eigenvalue weighted by Crippen LogP contribution is 2.36. The molecule has 132 valence electrons. The Morgan fingerprint density at radius 2 is 1.52 bits per heavy atom. The summed E-state index contributed by atoms with van der Waals surface area (Å²) in [6.45, 7) is 0.700. The minimum atomic E-state index is 0.385. The first kappa shape index (κ1) is 16.4. The number of aromatic nitrogens is 3. The van der Waals surface area contributed by atoms with E-state index in [9.17, 15) is 0 Å². The molecule has 4 nitrogen and oxygen atoms in total. The highest BCUT2D eigenvalue weighted by atomic mass is 32.1. The molecule has 5 aromatic rings. The fraction of sp³-hybridized carbons (Fsp3) is 0.0952. The van der Waals surface area contributed by atoms with E-state index >= 15 is 0 Å². The maximum absolute atomic E-state index is 5.19. The van der Waals surface area contributed by atoms with E-state index in [0.29, 0.717) is 22.0 Å². The quantitative estimate of drug-likeness (QED) is 0.306. The molecule has 0 aliphatic heterocycles. The summed E-state index contributed by atoms with van der Waals surface area (Å²) in [7, 11) is 1.99. The second-order valence-electron chi connectivity index (χ2n) is 6.76. The van der Waals surface area contributed by atoms with E-state index < -0.39 is 0 Å². The highest BCUT2D eigenvalue weighted by molar-refractivity contribution is 7.71. The Hall–Kier alpha value is -2.83. The van der Waals surface area contributed by atoms with Gasteiger partial charge in [0.05, 0.1) is 0 Å². The molecule has 1 aromatic heterocycles. The van der Waals surface area contributed by atoms with E-state index in [0.717, 1.165) is 0 Å². The first-order chi connectivity index (χ1) is 13.1. The zero-order valence-corrected chi connectivity index (χ0v) is 16.2. The standard InChI is InChI=1S/C21H16N4S2/c1-25(19-22-20(26)24-21(27)23-19)11-15-8-7-14-6-5-12-3-2-4-13-9-10-16(15)18(14)17(12)13/h2-10H,11H2,1H3,(H2,22,23,24,26,27). The molecule has 0 aliphatic carbocycles. The van der Waals surface area contributed by atoms with Crippen LogP contribution in [0.5, 0.6) is 0 Å². The number of aromatic amines is 2. The summed E-state index contributed by atoms with van der Waals surface area (Å²) in [5.74, 6) is 0.662. The van der Waals surface area contributed by atoms with Crippen LogP contribution in [0.15, 0.2) is 54.6 Å². The number of H-pyrrole nitrogens is 2. The van der Waals surface area contributed by atoms with E-state index in [1.165, 1.54) is 37.9 Å². The third kappa shape index (κ3) is 2.69. The van der Waals surface area contributed by atoms with Crippen LogP contribution in [0.25, 0.3) is 32.3 Å². The first-order valence-electron chi connectivity index (χ1n) is 8.67. The molecular formula is C21H16N4S2. The van der Waals surface area contributed by atoms with Gasteiger partial charge < -0.3 is 14.9 Å². The number of nitrogens with one attached hydrogen (secondary N) is 2. The Morgan fingerprint density at radius 3 is 2.26 bits per heavy atom. The molecule has 0 radical (unpaired) electrons. The Balaban J connectivity index is 1.69. The largest absolute Gasteiger partial charge is 0.341 e. The van der Waals surface area contributed by atoms with E-state index in [1.807, 2.05) is 11.9 Å². The van der Waals surface area contributed by atoms with Gasteiger partial charge in [0.1, 0.15) is 0 Å². The Bertz CT molecular complexity index is 1370. The van der Waals surface area contributed by atoms with Crippen LogP contribution in [0.1, 0.15) is 5.56 Å². The van der Waals surface area contributed by atoms with Crippen molar-refractivity contribution in [1.82, 2.24) is 15.0 Å². The summed E-state index contributed by atoms with van der Waals surface area (Å²) in [6, 6.07) is 19.7. The average Bonchev–Trinajstić information content (AvgIpc) is 2.66. The molecule has 0 amide bonds. The minimum Gasteiger partial charge on any atom is -0.341 e. The molecule has 0 bridgehead atoms. The van der Waals surface area contributed by atoms with Crippen molar-refractivity contribution in [3.8, 4) is 0 Å². The second kappa shape index (κ2) is 6.11. The summed E-state index contributed by atoms with van der Waals surface area (Å²) in [5, 5.41) is 7.73. The Kier molecular flexibility index (Phi) is 3.70. The van der Waals surface area contributed by atoms with Gasteiger partial charge in [0.2, 0.25) is 10.7 Å². The molecule has 0 saturated heterocycles. The predicted octanol–water partition coefficient (Wildman–Crippen LogP) is 5.73. The topological polar surface area (TPSA) is 47.7 Å². The normalized spacial score (nSPS) is 11.6. The van der Waals surface area contributed by atoms with Gasteiger partial charge in [-0.1, -0.05) is 54.6 Å². The monoisotopic (exact) mass is 388 g/mol. The molecule has 0 atom stereocenters. The third-order valence-electron chi connectivity index (χ3n) is 5.04. The zero-order chi connectivity index (χ0) is 18.5. The van der Waals surface area contributed by atoms with Crippen molar-refractivity contribution in [2.45, 2.75) is 6.54 Å². The lowest BCUT2D eigenvalue weighted by Crippen LogP contribution is -2.19. The molecule has 0 aliphatic rings. The van der Waals surface area contributed by atoms with Gasteiger partial charge >= 0.3 is 0 Å². The molecule has 5 rings (SSSR count). The van der Waals surface area contributed by atoms with E-state index in [2.05, 4.69) is 69.5 Å². The van der Waals surface area contributed by atoms with Gasteiger partial charge in [-0.15, -0.1) is 0 Å². The number of anilines is 1. The molecule has 1 heterocycles. The van der Waals surface area contributed by atoms with Crippen LogP contribution in [0.2, 0.25) is 0 Å². The van der Waals surface area contributed by atoms with E-state index in [1.54, 1.807) is 0 Å². The van der Waals surface area contributed by atoms with Crippen molar-refractivity contribution >= 4 is 62.7 Å². The maximum Gasteiger partial charge on any atom is 0.207 e. The number of nitrogens with zero attached hydrogens (tertiary/aromatic N) is 2. The van der Waals surface area contributed by atoms with Crippen molar-refractivity contribution in [2.24, 2.45) is 0 Å². The van der Waals surface area contributed by atoms with Gasteiger partial charge in [0.25, 0.3) is 0 Å². The summed E-state index contributed by atoms with van der Waals surface area (Å²) in [4.78, 5) is 12.3. The van der Waals surface area contributed by atoms with Gasteiger partial charge in [0, 0.05) is 13.6 Å².